The van der Waals surface area contributed by atoms with Crippen LogP contribution in [0.15, 0.2) is 138 Å². The van der Waals surface area contributed by atoms with E-state index in [1.807, 2.05) is 38.1 Å². The van der Waals surface area contributed by atoms with Gasteiger partial charge < -0.3 is 32.1 Å². The molecule has 2 aliphatic carbocycles. The number of ether oxygens (including phenoxy) is 3. The molecule has 7 aromatic carbocycles. The van der Waals surface area contributed by atoms with E-state index in [9.17, 15) is 14.4 Å². The molecule has 0 saturated carbocycles. The molecule has 1 atom stereocenters. The van der Waals surface area contributed by atoms with Crippen LogP contribution in [0.5, 0.6) is 5.75 Å². The van der Waals surface area contributed by atoms with Crippen molar-refractivity contribution in [3.63, 3.8) is 0 Å². The molecule has 0 saturated heterocycles. The summed E-state index contributed by atoms with van der Waals surface area (Å²) in [7, 11) is 0. The van der Waals surface area contributed by atoms with Crippen LogP contribution in [-0.2, 0) is 43.1 Å². The molecular weight excluding hydrogens is 954 g/mol. The van der Waals surface area contributed by atoms with E-state index >= 15 is 8.63 Å². The molecule has 8 nitrogen and oxygen atoms in total. The third-order valence-corrected chi connectivity index (χ3v) is 16.4. The molecule has 0 N–H and O–H groups in total. The Labute approximate surface area is 441 Å². The second-order valence-electron chi connectivity index (χ2n) is 20.9. The van der Waals surface area contributed by atoms with Gasteiger partial charge >= 0.3 is 24.9 Å². The maximum Gasteiger partial charge on any atom is 0.530 e. The maximum absolute atomic E-state index is 18.4. The highest BCUT2D eigenvalue weighted by atomic mass is 19.2. The molecular formula is C65H60BF2N2O6-. The minimum absolute atomic E-state index is 0.160. The van der Waals surface area contributed by atoms with Gasteiger partial charge in [0.25, 0.3) is 0 Å². The van der Waals surface area contributed by atoms with Gasteiger partial charge in [-0.05, 0) is 197 Å². The molecule has 8 aromatic rings. The summed E-state index contributed by atoms with van der Waals surface area (Å²) in [5, 5.41) is 9.95. The number of para-hydroxylation sites is 1. The first-order valence-corrected chi connectivity index (χ1v) is 27.2. The predicted octanol–water partition coefficient (Wildman–Crippen LogP) is 14.9. The van der Waals surface area contributed by atoms with E-state index in [4.69, 9.17) is 14.2 Å². The quantitative estimate of drug-likeness (QED) is 0.0284. The Morgan fingerprint density at radius 2 is 1.33 bits per heavy atom. The van der Waals surface area contributed by atoms with Gasteiger partial charge in [-0.25, -0.2) is 9.59 Å². The van der Waals surface area contributed by atoms with E-state index in [1.54, 1.807) is 19.9 Å². The molecule has 4 aliphatic rings. The first kappa shape index (κ1) is 49.1. The maximum atomic E-state index is 18.4. The molecule has 1 unspecified atom stereocenters. The van der Waals surface area contributed by atoms with Crippen molar-refractivity contribution < 1.29 is 37.2 Å². The van der Waals surface area contributed by atoms with Crippen LogP contribution in [0, 0.1) is 13.8 Å². The number of aromatic nitrogens is 1. The van der Waals surface area contributed by atoms with Crippen LogP contribution in [0.3, 0.4) is 0 Å². The second-order valence-corrected chi connectivity index (χ2v) is 20.9. The lowest BCUT2D eigenvalue weighted by Crippen LogP contribution is -2.58. The molecule has 11 heteroatoms. The number of benzene rings is 7. The molecule has 3 heterocycles. The van der Waals surface area contributed by atoms with E-state index in [2.05, 4.69) is 78.9 Å². The van der Waals surface area contributed by atoms with E-state index < -0.39 is 25.0 Å². The van der Waals surface area contributed by atoms with Gasteiger partial charge in [0.05, 0.1) is 13.2 Å². The number of aryl methyl sites for hydroxylation is 3. The zero-order valence-electron chi connectivity index (χ0n) is 43.6. The van der Waals surface area contributed by atoms with Crippen molar-refractivity contribution in [2.75, 3.05) is 13.2 Å². The summed E-state index contributed by atoms with van der Waals surface area (Å²) in [5.74, 6) is -1.04. The molecule has 1 aromatic heterocycles. The Kier molecular flexibility index (Phi) is 12.8. The fraction of sp³-hybridized carbons (Fsp3) is 0.277. The Bertz CT molecular complexity index is 3770. The molecule has 0 amide bonds. The van der Waals surface area contributed by atoms with Gasteiger partial charge in [-0.1, -0.05) is 103 Å². The van der Waals surface area contributed by atoms with Gasteiger partial charge in [0.1, 0.15) is 5.75 Å². The van der Waals surface area contributed by atoms with Gasteiger partial charge in [0.15, 0.2) is 0 Å². The fourth-order valence-corrected chi connectivity index (χ4v) is 13.5. The fourth-order valence-electron chi connectivity index (χ4n) is 13.5. The standard InChI is InChI=1S/C65H60BF2N2O6/c1-5-74-57(71)35-33-54-46-21-7-9-23-52(46)64-63(65-53-24-10-8-22-47(53)55(34-36-58(72)75-6-2)70(65)66(67,68)69(54)64)60-39(3)37-43(38-40(60)4)44-20-11-12-29-56(44)76-59(73)30-15-17-41-31-32-51-49-27-14-19-42-18-13-26-48(61(42)49)50-28-16-25-45(41)62(50)51/h11-14,16,18-20,25-29,31-38,54H,5-10,15,17,21-24,30H2,1-4H3/q-1/b35-33+,36-34+. The van der Waals surface area contributed by atoms with Crippen LogP contribution in [0.1, 0.15) is 110 Å². The number of allylic oxidation sites excluding steroid dienone is 1. The average molecular weight is 1010 g/mol. The number of esters is 3. The monoisotopic (exact) mass is 1010 g/mol. The van der Waals surface area contributed by atoms with Crippen molar-refractivity contribution in [1.29, 1.82) is 0 Å². The van der Waals surface area contributed by atoms with Crippen molar-refractivity contribution >= 4 is 79.6 Å². The van der Waals surface area contributed by atoms with Crippen LogP contribution in [-0.4, -0.2) is 53.4 Å². The van der Waals surface area contributed by atoms with Crippen LogP contribution in [0.4, 0.5) is 8.63 Å². The van der Waals surface area contributed by atoms with Crippen LogP contribution in [0.25, 0.3) is 65.9 Å². The number of halogens is 2. The topological polar surface area (TPSA) is 87.1 Å². The van der Waals surface area contributed by atoms with Gasteiger partial charge in [0.2, 0.25) is 0 Å². The number of carbonyl (C=O) groups is 3. The number of hydrogen-bond donors (Lipinski definition) is 0. The van der Waals surface area contributed by atoms with E-state index in [0.717, 1.165) is 81.3 Å². The first-order chi connectivity index (χ1) is 37.0. The predicted molar refractivity (Wildman–Crippen MR) is 301 cm³/mol. The summed E-state index contributed by atoms with van der Waals surface area (Å²) in [4.78, 5) is 40.9. The smallest absolute Gasteiger partial charge is 0.463 e. The highest BCUT2D eigenvalue weighted by Crippen LogP contribution is 2.56. The third-order valence-electron chi connectivity index (χ3n) is 16.4. The summed E-state index contributed by atoms with van der Waals surface area (Å²) in [6, 6.07) is 34.9. The molecule has 0 fully saturated rings. The van der Waals surface area contributed by atoms with Crippen molar-refractivity contribution in [1.82, 2.24) is 9.29 Å². The Balaban J connectivity index is 0.901. The molecule has 0 bridgehead atoms. The van der Waals surface area contributed by atoms with Crippen LogP contribution in [0.2, 0.25) is 0 Å². The Hall–Kier alpha value is -7.79. The minimum Gasteiger partial charge on any atom is -0.463 e. The van der Waals surface area contributed by atoms with E-state index in [1.165, 1.54) is 76.2 Å². The molecule has 2 aliphatic heterocycles. The zero-order valence-corrected chi connectivity index (χ0v) is 43.6. The summed E-state index contributed by atoms with van der Waals surface area (Å²) in [6.07, 6.45) is 13.1. The van der Waals surface area contributed by atoms with Gasteiger partial charge in [-0.15, -0.1) is 0 Å². The van der Waals surface area contributed by atoms with Crippen molar-refractivity contribution in [2.45, 2.75) is 104 Å². The molecule has 12 rings (SSSR count). The van der Waals surface area contributed by atoms with Crippen LogP contribution < -0.4 is 4.74 Å². The lowest BCUT2D eigenvalue weighted by atomic mass is 9.78. The minimum atomic E-state index is -4.55. The highest BCUT2D eigenvalue weighted by molar-refractivity contribution is 6.64. The normalized spacial score (nSPS) is 17.1. The molecule has 0 spiro atoms. The van der Waals surface area contributed by atoms with Crippen molar-refractivity contribution in [2.24, 2.45) is 0 Å². The van der Waals surface area contributed by atoms with Crippen LogP contribution >= 0.6 is 0 Å². The number of rotatable bonds is 13. The Morgan fingerprint density at radius 1 is 0.697 bits per heavy atom. The number of fused-ring (bicyclic) bond motifs is 7. The Morgan fingerprint density at radius 3 is 2.07 bits per heavy atom. The summed E-state index contributed by atoms with van der Waals surface area (Å²) < 4.78 is 54.7. The molecule has 76 heavy (non-hydrogen) atoms. The van der Waals surface area contributed by atoms with E-state index in [0.29, 0.717) is 61.4 Å². The lowest BCUT2D eigenvalue weighted by Gasteiger charge is -2.50. The number of hydrogen-bond acceptors (Lipinski definition) is 7. The molecule has 0 radical (unpaired) electrons. The summed E-state index contributed by atoms with van der Waals surface area (Å²) >= 11 is 0. The average Bonchev–Trinajstić information content (AvgIpc) is 4.09. The SMILES string of the molecule is CCOC(=O)/C=C/c1c2c(c3n1[B-](F)(F)N1C(=C3c3c(C)cc(-c4ccccc4OC(=O)CCCc4ccc5c6cccc7cccc(c8cccc4c85)c76)cc3C)C3=C(CCCC3)C1/C=C/C(=O)OCC)CCCC2. The molecule has 384 valence electrons. The van der Waals surface area contributed by atoms with Gasteiger partial charge in [-0.3, -0.25) is 4.79 Å². The number of nitrogens with zero attached hydrogens (tertiary/aromatic N) is 2. The van der Waals surface area contributed by atoms with Crippen molar-refractivity contribution in [3.05, 3.63) is 183 Å². The number of carbonyl (C=O) groups excluding carboxylic acids is 3. The van der Waals surface area contributed by atoms with Gasteiger partial charge in [-0.2, -0.15) is 0 Å². The second kappa shape index (κ2) is 19.7. The highest BCUT2D eigenvalue weighted by Gasteiger charge is 2.53. The first-order valence-electron chi connectivity index (χ1n) is 27.2. The third kappa shape index (κ3) is 8.12. The largest absolute Gasteiger partial charge is 0.530 e. The summed E-state index contributed by atoms with van der Waals surface area (Å²) in [5.41, 5.74) is 11.0. The zero-order chi connectivity index (χ0) is 52.4. The lowest BCUT2D eigenvalue weighted by molar-refractivity contribution is -0.138. The van der Waals surface area contributed by atoms with Crippen molar-refractivity contribution in [3.8, 4) is 16.9 Å². The summed E-state index contributed by atoms with van der Waals surface area (Å²) in [6.45, 7) is 3.27. The van der Waals surface area contributed by atoms with E-state index in [-0.39, 0.29) is 25.6 Å². The van der Waals surface area contributed by atoms with Gasteiger partial charge in [0, 0.05) is 52.8 Å².